The Morgan fingerprint density at radius 2 is 0.571 bits per heavy atom. The fourth-order valence-electron chi connectivity index (χ4n) is 0. The second-order valence-corrected chi connectivity index (χ2v) is 2.68. The third kappa shape index (κ3) is 412. The Hall–Kier alpha value is 2.54. The molecule has 0 spiro atoms. The molecule has 0 aliphatic heterocycles. The van der Waals surface area contributed by atoms with Gasteiger partial charge in [-0.05, 0) is 0 Å². The van der Waals surface area contributed by atoms with Gasteiger partial charge in [0.05, 0.1) is 0 Å². The van der Waals surface area contributed by atoms with E-state index in [4.69, 9.17) is 38.5 Å². The number of hydrogen-bond acceptors (Lipinski definition) is 8. The molecule has 0 aliphatic rings. The van der Waals surface area contributed by atoms with Gasteiger partial charge < -0.3 is 38.5 Å². The van der Waals surface area contributed by atoms with E-state index in [1.807, 2.05) is 0 Å². The summed E-state index contributed by atoms with van der Waals surface area (Å²) >= 11 is 0. The first-order valence-corrected chi connectivity index (χ1v) is 4.38. The summed E-state index contributed by atoms with van der Waals surface area (Å²) < 4.78 is 17.1. The topological polar surface area (TPSA) is 172 Å². The Balaban J connectivity index is -0.0000000178. The van der Waals surface area contributed by atoms with Crippen molar-refractivity contribution < 1.29 is 95.1 Å². The van der Waals surface area contributed by atoms with E-state index in [2.05, 4.69) is 0 Å². The SMILES string of the molecule is O=P([O-])([O-])[O-].O=P([O-])([O-])[O-].[Al+3].[Li+].[Li+].[Li+]. The van der Waals surface area contributed by atoms with Crippen LogP contribution in [0.3, 0.4) is 0 Å². The van der Waals surface area contributed by atoms with Crippen LogP contribution in [-0.4, -0.2) is 17.4 Å². The zero-order chi connectivity index (χ0) is 9.00. The van der Waals surface area contributed by atoms with Crippen LogP contribution in [0.25, 0.3) is 0 Å². The molecule has 0 unspecified atom stereocenters. The Morgan fingerprint density at radius 3 is 0.571 bits per heavy atom. The molecule has 0 radical (unpaired) electrons. The fraction of sp³-hybridized carbons (Fsp3) is 0. The maximum absolute atomic E-state index is 8.55. The molecule has 0 aromatic carbocycles. The van der Waals surface area contributed by atoms with Crippen LogP contribution in [0.5, 0.6) is 0 Å². The van der Waals surface area contributed by atoms with E-state index < -0.39 is 15.6 Å². The molecular formula is AlLi3O8P2. The first kappa shape index (κ1) is 36.0. The van der Waals surface area contributed by atoms with Crippen LogP contribution in [0.4, 0.5) is 0 Å². The van der Waals surface area contributed by atoms with E-state index in [1.54, 1.807) is 0 Å². The third-order valence-corrected chi connectivity index (χ3v) is 0. The Labute approximate surface area is 127 Å². The molecule has 64 valence electrons. The quantitative estimate of drug-likeness (QED) is 0.295. The minimum atomic E-state index is -5.39. The van der Waals surface area contributed by atoms with Gasteiger partial charge in [0.2, 0.25) is 0 Å². The van der Waals surface area contributed by atoms with E-state index in [9.17, 15) is 0 Å². The maximum Gasteiger partial charge on any atom is 3.00 e. The van der Waals surface area contributed by atoms with Crippen molar-refractivity contribution in [3.05, 3.63) is 0 Å². The van der Waals surface area contributed by atoms with E-state index in [0.29, 0.717) is 0 Å². The van der Waals surface area contributed by atoms with Crippen LogP contribution in [-0.2, 0) is 9.13 Å². The molecule has 0 rings (SSSR count). The van der Waals surface area contributed by atoms with Gasteiger partial charge in [0, 0.05) is 0 Å². The Morgan fingerprint density at radius 1 is 0.571 bits per heavy atom. The summed E-state index contributed by atoms with van der Waals surface area (Å²) in [5.74, 6) is 0. The van der Waals surface area contributed by atoms with Crippen molar-refractivity contribution in [1.29, 1.82) is 0 Å². The van der Waals surface area contributed by atoms with Gasteiger partial charge >= 0.3 is 73.9 Å². The summed E-state index contributed by atoms with van der Waals surface area (Å²) in [6.07, 6.45) is 0. The normalized spacial score (nSPS) is 8.43. The van der Waals surface area contributed by atoms with Crippen LogP contribution in [0, 0.1) is 0 Å². The van der Waals surface area contributed by atoms with Crippen LogP contribution >= 0.6 is 15.6 Å². The first-order valence-electron chi connectivity index (χ1n) is 1.46. The van der Waals surface area contributed by atoms with Crippen molar-refractivity contribution in [3.63, 3.8) is 0 Å². The standard InChI is InChI=1S/Al.3Li.2H3O4P/c;;;;2*1-5(2,3)4/h;;;;2*(H3,1,2,3,4)/q+3;3*+1;;/p-6. The summed E-state index contributed by atoms with van der Waals surface area (Å²) in [6, 6.07) is 0. The molecule has 8 nitrogen and oxygen atoms in total. The van der Waals surface area contributed by atoms with E-state index in [0.717, 1.165) is 0 Å². The van der Waals surface area contributed by atoms with Crippen LogP contribution < -0.4 is 85.9 Å². The molecule has 0 fully saturated rings. The van der Waals surface area contributed by atoms with Crippen LogP contribution in [0.2, 0.25) is 0 Å². The van der Waals surface area contributed by atoms with Gasteiger partial charge in [-0.25, -0.2) is 0 Å². The molecule has 14 heavy (non-hydrogen) atoms. The van der Waals surface area contributed by atoms with Gasteiger partial charge in [-0.2, -0.15) is 15.6 Å². The zero-order valence-corrected chi connectivity index (χ0v) is 10.7. The molecular weight excluding hydrogens is 238 g/mol. The number of phosphoric acid groups is 2. The molecule has 0 atom stereocenters. The summed E-state index contributed by atoms with van der Waals surface area (Å²) in [7, 11) is -10.8. The minimum absolute atomic E-state index is 0. The van der Waals surface area contributed by atoms with Crippen molar-refractivity contribution in [2.75, 3.05) is 0 Å². The van der Waals surface area contributed by atoms with Crippen LogP contribution in [0.15, 0.2) is 0 Å². The Kier molecular flexibility index (Phi) is 39.9. The molecule has 0 aromatic rings. The average Bonchev–Trinajstić information content (AvgIpc) is 1.12. The van der Waals surface area contributed by atoms with Gasteiger partial charge in [-0.3, -0.25) is 0 Å². The van der Waals surface area contributed by atoms with Crippen molar-refractivity contribution in [2.45, 2.75) is 0 Å². The number of hydrogen-bond donors (Lipinski definition) is 0. The van der Waals surface area contributed by atoms with E-state index >= 15 is 0 Å². The molecule has 0 amide bonds. The van der Waals surface area contributed by atoms with E-state index in [1.165, 1.54) is 0 Å². The predicted molar refractivity (Wildman–Crippen MR) is 21.0 cm³/mol. The fourth-order valence-corrected chi connectivity index (χ4v) is 0. The molecule has 0 saturated heterocycles. The zero-order valence-electron chi connectivity index (χ0n) is 7.74. The summed E-state index contributed by atoms with van der Waals surface area (Å²) in [5.41, 5.74) is 0. The van der Waals surface area contributed by atoms with Gasteiger partial charge in [0.1, 0.15) is 0 Å². The predicted octanol–water partition coefficient (Wildman–Crippen LogP) is -15.0. The smallest absolute Gasteiger partial charge is 0.822 e. The summed E-state index contributed by atoms with van der Waals surface area (Å²) in [6.45, 7) is 0. The minimum Gasteiger partial charge on any atom is -0.822 e. The summed E-state index contributed by atoms with van der Waals surface area (Å²) in [4.78, 5) is 51.3. The largest absolute Gasteiger partial charge is 3.00 e. The monoisotopic (exact) mass is 238 g/mol. The van der Waals surface area contributed by atoms with Crippen LogP contribution in [0.1, 0.15) is 0 Å². The van der Waals surface area contributed by atoms with Crippen molar-refractivity contribution in [1.82, 2.24) is 0 Å². The molecule has 14 heteroatoms. The molecule has 0 heterocycles. The van der Waals surface area contributed by atoms with Gasteiger partial charge in [-0.15, -0.1) is 0 Å². The number of rotatable bonds is 0. The van der Waals surface area contributed by atoms with Gasteiger partial charge in [0.25, 0.3) is 0 Å². The molecule has 0 saturated carbocycles. The molecule has 0 N–H and O–H groups in total. The van der Waals surface area contributed by atoms with Crippen molar-refractivity contribution in [2.24, 2.45) is 0 Å². The average molecular weight is 238 g/mol. The second-order valence-electron chi connectivity index (χ2n) is 0.894. The maximum atomic E-state index is 8.55. The Bertz CT molecular complexity index is 135. The molecule has 0 aliphatic carbocycles. The molecule has 0 aromatic heterocycles. The second kappa shape index (κ2) is 15.5. The van der Waals surface area contributed by atoms with Gasteiger partial charge in [0.15, 0.2) is 0 Å². The van der Waals surface area contributed by atoms with Crippen molar-refractivity contribution in [3.8, 4) is 0 Å². The van der Waals surface area contributed by atoms with Gasteiger partial charge in [-0.1, -0.05) is 0 Å². The van der Waals surface area contributed by atoms with E-state index in [-0.39, 0.29) is 73.9 Å². The molecule has 0 bridgehead atoms. The summed E-state index contributed by atoms with van der Waals surface area (Å²) in [5, 5.41) is 0. The first-order chi connectivity index (χ1) is 4.00. The van der Waals surface area contributed by atoms with Crippen molar-refractivity contribution >= 4 is 33.0 Å². The third-order valence-electron chi connectivity index (χ3n) is 0.